The lowest BCUT2D eigenvalue weighted by atomic mass is 10.2. The quantitative estimate of drug-likeness (QED) is 0.790. The maximum atomic E-state index is 11.1. The van der Waals surface area contributed by atoms with E-state index in [1.54, 1.807) is 28.9 Å². The number of benzene rings is 1. The summed E-state index contributed by atoms with van der Waals surface area (Å²) in [6, 6.07) is 12.3. The van der Waals surface area contributed by atoms with Crippen molar-refractivity contribution in [2.75, 3.05) is 0 Å². The molecule has 0 amide bonds. The topological polar surface area (TPSA) is 63.8 Å². The number of carbonyl (C=O) groups is 1. The van der Waals surface area contributed by atoms with E-state index in [-0.39, 0.29) is 12.2 Å². The fourth-order valence-corrected chi connectivity index (χ4v) is 2.02. The summed E-state index contributed by atoms with van der Waals surface area (Å²) >= 11 is 0. The van der Waals surface area contributed by atoms with E-state index >= 15 is 0 Å². The van der Waals surface area contributed by atoms with Gasteiger partial charge in [-0.15, -0.1) is 0 Å². The van der Waals surface area contributed by atoms with Crippen LogP contribution in [0.15, 0.2) is 54.9 Å². The molecule has 1 N–H and O–H groups in total. The third-order valence-corrected chi connectivity index (χ3v) is 3.01. The van der Waals surface area contributed by atoms with Crippen LogP contribution in [0.1, 0.15) is 15.9 Å². The summed E-state index contributed by atoms with van der Waals surface area (Å²) in [6.45, 7) is 0.276. The van der Waals surface area contributed by atoms with Crippen molar-refractivity contribution in [2.45, 2.75) is 6.61 Å². The van der Waals surface area contributed by atoms with Gasteiger partial charge in [-0.2, -0.15) is 5.10 Å². The molecule has 0 bridgehead atoms. The second kappa shape index (κ2) is 5.05. The summed E-state index contributed by atoms with van der Waals surface area (Å²) in [5, 5.41) is 13.3. The van der Waals surface area contributed by atoms with Crippen molar-refractivity contribution in [3.8, 4) is 5.75 Å². The number of pyridine rings is 1. The number of aromatic carboxylic acids is 1. The molecule has 0 radical (unpaired) electrons. The standard InChI is InChI=1S/C15H12N2O3/c18-15(19)12-5-1-2-7-14(12)20-10-11-9-16-17-8-4-3-6-13(11)17/h1-9H,10H2,(H,18,19). The highest BCUT2D eigenvalue weighted by atomic mass is 16.5. The van der Waals surface area contributed by atoms with Gasteiger partial charge in [0.15, 0.2) is 0 Å². The fraction of sp³-hybridized carbons (Fsp3) is 0.0667. The molecule has 0 aliphatic rings. The number of carboxylic acids is 1. The molecule has 3 aromatic rings. The van der Waals surface area contributed by atoms with Crippen molar-refractivity contribution in [1.82, 2.24) is 9.61 Å². The van der Waals surface area contributed by atoms with Crippen LogP contribution in [-0.4, -0.2) is 20.7 Å². The Morgan fingerprint density at radius 2 is 2.00 bits per heavy atom. The van der Waals surface area contributed by atoms with Crippen molar-refractivity contribution in [3.63, 3.8) is 0 Å². The lowest BCUT2D eigenvalue weighted by Gasteiger charge is -2.08. The third kappa shape index (κ3) is 2.21. The minimum Gasteiger partial charge on any atom is -0.488 e. The smallest absolute Gasteiger partial charge is 0.339 e. The summed E-state index contributed by atoms with van der Waals surface area (Å²) in [5.41, 5.74) is 2.01. The van der Waals surface area contributed by atoms with Crippen molar-refractivity contribution >= 4 is 11.5 Å². The van der Waals surface area contributed by atoms with Gasteiger partial charge < -0.3 is 9.84 Å². The summed E-state index contributed by atoms with van der Waals surface area (Å²) in [5.74, 6) is -0.643. The molecule has 5 nitrogen and oxygen atoms in total. The van der Waals surface area contributed by atoms with E-state index in [2.05, 4.69) is 5.10 Å². The maximum Gasteiger partial charge on any atom is 0.339 e. The average Bonchev–Trinajstić information content (AvgIpc) is 2.88. The minimum atomic E-state index is -1.000. The molecule has 0 aliphatic heterocycles. The zero-order valence-corrected chi connectivity index (χ0v) is 10.6. The Labute approximate surface area is 115 Å². The largest absolute Gasteiger partial charge is 0.488 e. The average molecular weight is 268 g/mol. The molecule has 0 fully saturated rings. The van der Waals surface area contributed by atoms with Crippen molar-refractivity contribution < 1.29 is 14.6 Å². The Bertz CT molecular complexity index is 764. The molecule has 20 heavy (non-hydrogen) atoms. The first kappa shape index (κ1) is 12.2. The lowest BCUT2D eigenvalue weighted by Crippen LogP contribution is -2.03. The zero-order chi connectivity index (χ0) is 13.9. The minimum absolute atomic E-state index is 0.156. The summed E-state index contributed by atoms with van der Waals surface area (Å²) in [4.78, 5) is 11.1. The first-order valence-corrected chi connectivity index (χ1v) is 6.12. The number of carboxylic acid groups (broad SMARTS) is 1. The van der Waals surface area contributed by atoms with Gasteiger partial charge in [0.25, 0.3) is 0 Å². The van der Waals surface area contributed by atoms with Gasteiger partial charge in [0.1, 0.15) is 17.9 Å². The van der Waals surface area contributed by atoms with E-state index in [0.29, 0.717) is 5.75 Å². The number of hydrogen-bond acceptors (Lipinski definition) is 3. The second-order valence-corrected chi connectivity index (χ2v) is 4.29. The van der Waals surface area contributed by atoms with Crippen LogP contribution >= 0.6 is 0 Å². The van der Waals surface area contributed by atoms with E-state index in [0.717, 1.165) is 11.1 Å². The number of rotatable bonds is 4. The highest BCUT2D eigenvalue weighted by molar-refractivity contribution is 5.90. The van der Waals surface area contributed by atoms with Crippen LogP contribution in [0.25, 0.3) is 5.52 Å². The SMILES string of the molecule is O=C(O)c1ccccc1OCc1cnn2ccccc12. The molecule has 3 rings (SSSR count). The molecule has 2 heterocycles. The van der Waals surface area contributed by atoms with Gasteiger partial charge in [-0.05, 0) is 24.3 Å². The van der Waals surface area contributed by atoms with Crippen molar-refractivity contribution in [3.05, 3.63) is 66.0 Å². The number of aromatic nitrogens is 2. The van der Waals surface area contributed by atoms with Crippen LogP contribution in [0.2, 0.25) is 0 Å². The van der Waals surface area contributed by atoms with Gasteiger partial charge in [-0.25, -0.2) is 9.31 Å². The summed E-state index contributed by atoms with van der Waals surface area (Å²) < 4.78 is 7.37. The molecule has 2 aromatic heterocycles. The molecule has 0 atom stereocenters. The fourth-order valence-electron chi connectivity index (χ4n) is 2.02. The normalized spacial score (nSPS) is 10.6. The first-order chi connectivity index (χ1) is 9.75. The van der Waals surface area contributed by atoms with Crippen molar-refractivity contribution in [2.24, 2.45) is 0 Å². The molecule has 1 aromatic carbocycles. The van der Waals surface area contributed by atoms with Crippen LogP contribution in [0.3, 0.4) is 0 Å². The predicted octanol–water partition coefficient (Wildman–Crippen LogP) is 2.61. The van der Waals surface area contributed by atoms with Crippen LogP contribution in [0.4, 0.5) is 0 Å². The van der Waals surface area contributed by atoms with Crippen LogP contribution in [0, 0.1) is 0 Å². The Balaban J connectivity index is 1.85. The Morgan fingerprint density at radius 1 is 1.20 bits per heavy atom. The molecule has 0 spiro atoms. The lowest BCUT2D eigenvalue weighted by molar-refractivity contribution is 0.0692. The Hall–Kier alpha value is -2.82. The van der Waals surface area contributed by atoms with E-state index in [1.807, 2.05) is 24.4 Å². The number of hydrogen-bond donors (Lipinski definition) is 1. The molecular formula is C15H12N2O3. The van der Waals surface area contributed by atoms with Crippen LogP contribution in [-0.2, 0) is 6.61 Å². The molecule has 0 saturated carbocycles. The van der Waals surface area contributed by atoms with Gasteiger partial charge in [0.05, 0.1) is 11.7 Å². The summed E-state index contributed by atoms with van der Waals surface area (Å²) in [7, 11) is 0. The Kier molecular flexibility index (Phi) is 3.09. The molecular weight excluding hydrogens is 256 g/mol. The van der Waals surface area contributed by atoms with Gasteiger partial charge in [-0.1, -0.05) is 18.2 Å². The highest BCUT2D eigenvalue weighted by Gasteiger charge is 2.11. The second-order valence-electron chi connectivity index (χ2n) is 4.29. The third-order valence-electron chi connectivity index (χ3n) is 3.01. The molecule has 5 heteroatoms. The molecule has 0 saturated heterocycles. The molecule has 100 valence electrons. The monoisotopic (exact) mass is 268 g/mol. The highest BCUT2D eigenvalue weighted by Crippen LogP contribution is 2.20. The van der Waals surface area contributed by atoms with E-state index in [4.69, 9.17) is 9.84 Å². The van der Waals surface area contributed by atoms with Gasteiger partial charge in [0, 0.05) is 11.8 Å². The first-order valence-electron chi connectivity index (χ1n) is 6.12. The van der Waals surface area contributed by atoms with Gasteiger partial charge in [0.2, 0.25) is 0 Å². The predicted molar refractivity (Wildman–Crippen MR) is 72.9 cm³/mol. The van der Waals surface area contributed by atoms with Gasteiger partial charge >= 0.3 is 5.97 Å². The van der Waals surface area contributed by atoms with Crippen LogP contribution in [0.5, 0.6) is 5.75 Å². The Morgan fingerprint density at radius 3 is 2.85 bits per heavy atom. The molecule has 0 aliphatic carbocycles. The van der Waals surface area contributed by atoms with E-state index in [9.17, 15) is 4.79 Å². The number of nitrogens with zero attached hydrogens (tertiary/aromatic N) is 2. The van der Waals surface area contributed by atoms with Crippen LogP contribution < -0.4 is 4.74 Å². The molecule has 0 unspecified atom stereocenters. The van der Waals surface area contributed by atoms with Crippen molar-refractivity contribution in [1.29, 1.82) is 0 Å². The zero-order valence-electron chi connectivity index (χ0n) is 10.6. The summed E-state index contributed by atoms with van der Waals surface area (Å²) in [6.07, 6.45) is 3.57. The number of para-hydroxylation sites is 1. The van der Waals surface area contributed by atoms with E-state index < -0.39 is 5.97 Å². The van der Waals surface area contributed by atoms with E-state index in [1.165, 1.54) is 6.07 Å². The number of fused-ring (bicyclic) bond motifs is 1. The van der Waals surface area contributed by atoms with Gasteiger partial charge in [-0.3, -0.25) is 0 Å². The number of ether oxygens (including phenoxy) is 1. The maximum absolute atomic E-state index is 11.1.